The van der Waals surface area contributed by atoms with Gasteiger partial charge in [0.25, 0.3) is 5.91 Å². The zero-order valence-corrected chi connectivity index (χ0v) is 15.3. The third-order valence-electron chi connectivity index (χ3n) is 5.17. The van der Waals surface area contributed by atoms with Gasteiger partial charge >= 0.3 is 0 Å². The van der Waals surface area contributed by atoms with Crippen molar-refractivity contribution in [1.29, 1.82) is 0 Å². The molecule has 4 nitrogen and oxygen atoms in total. The molecule has 2 heterocycles. The molecule has 134 valence electrons. The number of carbonyl (C=O) groups is 1. The van der Waals surface area contributed by atoms with Gasteiger partial charge in [0.2, 0.25) is 0 Å². The lowest BCUT2D eigenvalue weighted by Crippen LogP contribution is -2.29. The maximum atomic E-state index is 12.1. The molecule has 1 amide bonds. The highest BCUT2D eigenvalue weighted by molar-refractivity contribution is 5.99. The Balaban J connectivity index is 0.00000243. The Hall–Kier alpha value is -2.33. The second-order valence-corrected chi connectivity index (χ2v) is 6.75. The molecule has 4 heteroatoms. The largest absolute Gasteiger partial charge is 0.357 e. The van der Waals surface area contributed by atoms with E-state index in [-0.39, 0.29) is 7.33 Å². The van der Waals surface area contributed by atoms with Gasteiger partial charge < -0.3 is 15.2 Å². The SMILES string of the molecule is C/C=C(/c1cccc(C2CCN(C)CC2)c1)c1cc[nH]c1C(=O)NC.[HH]. The van der Waals surface area contributed by atoms with Crippen molar-refractivity contribution in [2.75, 3.05) is 27.2 Å². The molecule has 0 saturated carbocycles. The monoisotopic (exact) mass is 339 g/mol. The minimum atomic E-state index is -0.0918. The number of hydrogen-bond acceptors (Lipinski definition) is 2. The molecule has 0 spiro atoms. The summed E-state index contributed by atoms with van der Waals surface area (Å²) in [7, 11) is 3.85. The molecule has 0 radical (unpaired) electrons. The molecule has 0 aliphatic carbocycles. The summed E-state index contributed by atoms with van der Waals surface area (Å²) in [6.45, 7) is 4.34. The van der Waals surface area contributed by atoms with Crippen LogP contribution in [0.15, 0.2) is 42.6 Å². The number of rotatable bonds is 4. The lowest BCUT2D eigenvalue weighted by Gasteiger charge is -2.29. The third-order valence-corrected chi connectivity index (χ3v) is 5.17. The Kier molecular flexibility index (Phi) is 5.39. The first-order valence-corrected chi connectivity index (χ1v) is 8.99. The van der Waals surface area contributed by atoms with Crippen molar-refractivity contribution in [2.45, 2.75) is 25.7 Å². The Morgan fingerprint density at radius 2 is 2.08 bits per heavy atom. The van der Waals surface area contributed by atoms with Crippen molar-refractivity contribution in [2.24, 2.45) is 0 Å². The number of benzene rings is 1. The summed E-state index contributed by atoms with van der Waals surface area (Å²) in [5.41, 5.74) is 5.22. The van der Waals surface area contributed by atoms with Gasteiger partial charge in [-0.1, -0.05) is 30.3 Å². The number of piperidine rings is 1. The minimum Gasteiger partial charge on any atom is -0.357 e. The molecular formula is C21H29N3O. The number of aromatic nitrogens is 1. The molecule has 3 rings (SSSR count). The molecule has 2 N–H and O–H groups in total. The van der Waals surface area contributed by atoms with Crippen molar-refractivity contribution in [3.63, 3.8) is 0 Å². The maximum Gasteiger partial charge on any atom is 0.268 e. The molecular weight excluding hydrogens is 310 g/mol. The van der Waals surface area contributed by atoms with Crippen molar-refractivity contribution < 1.29 is 6.22 Å². The van der Waals surface area contributed by atoms with Gasteiger partial charge in [-0.25, -0.2) is 0 Å². The Bertz CT molecular complexity index is 773. The van der Waals surface area contributed by atoms with E-state index < -0.39 is 0 Å². The van der Waals surface area contributed by atoms with Gasteiger partial charge in [-0.2, -0.15) is 0 Å². The van der Waals surface area contributed by atoms with E-state index >= 15 is 0 Å². The van der Waals surface area contributed by atoms with Crippen LogP contribution < -0.4 is 5.32 Å². The number of nitrogens with zero attached hydrogens (tertiary/aromatic N) is 1. The lowest BCUT2D eigenvalue weighted by molar-refractivity contribution is 0.0958. The summed E-state index contributed by atoms with van der Waals surface area (Å²) < 4.78 is 0. The molecule has 1 aliphatic rings. The fourth-order valence-electron chi connectivity index (χ4n) is 3.69. The van der Waals surface area contributed by atoms with Crippen molar-refractivity contribution >= 4 is 11.5 Å². The van der Waals surface area contributed by atoms with E-state index in [4.69, 9.17) is 0 Å². The fourth-order valence-corrected chi connectivity index (χ4v) is 3.69. The van der Waals surface area contributed by atoms with Crippen LogP contribution in [0.3, 0.4) is 0 Å². The molecule has 2 aromatic rings. The first-order valence-electron chi connectivity index (χ1n) is 8.99. The number of H-pyrrole nitrogens is 1. The topological polar surface area (TPSA) is 48.1 Å². The highest BCUT2D eigenvalue weighted by atomic mass is 16.1. The van der Waals surface area contributed by atoms with Crippen LogP contribution in [0, 0.1) is 0 Å². The number of likely N-dealkylation sites (tertiary alicyclic amines) is 1. The molecule has 0 unspecified atom stereocenters. The molecule has 1 aromatic carbocycles. The number of aromatic amines is 1. The van der Waals surface area contributed by atoms with E-state index in [1.54, 1.807) is 7.05 Å². The molecule has 1 aromatic heterocycles. The van der Waals surface area contributed by atoms with E-state index in [0.29, 0.717) is 11.6 Å². The van der Waals surface area contributed by atoms with Gasteiger partial charge in [0.05, 0.1) is 0 Å². The molecule has 0 atom stereocenters. The van der Waals surface area contributed by atoms with E-state index in [2.05, 4.69) is 52.6 Å². The summed E-state index contributed by atoms with van der Waals surface area (Å²) in [4.78, 5) is 17.6. The molecule has 0 bridgehead atoms. The zero-order chi connectivity index (χ0) is 17.8. The first-order chi connectivity index (χ1) is 12.1. The van der Waals surface area contributed by atoms with Gasteiger partial charge in [-0.15, -0.1) is 0 Å². The Labute approximate surface area is 151 Å². The van der Waals surface area contributed by atoms with E-state index in [9.17, 15) is 4.79 Å². The van der Waals surface area contributed by atoms with Crippen LogP contribution in [0.25, 0.3) is 5.57 Å². The van der Waals surface area contributed by atoms with Crippen LogP contribution >= 0.6 is 0 Å². The van der Waals surface area contributed by atoms with Gasteiger partial charge in [0, 0.05) is 20.2 Å². The summed E-state index contributed by atoms with van der Waals surface area (Å²) in [6, 6.07) is 10.8. The van der Waals surface area contributed by atoms with Crippen molar-refractivity contribution in [3.8, 4) is 0 Å². The molecule has 1 fully saturated rings. The van der Waals surface area contributed by atoms with Crippen LogP contribution in [0.5, 0.6) is 0 Å². The van der Waals surface area contributed by atoms with E-state index in [1.165, 1.54) is 24.0 Å². The fraction of sp³-hybridized carbons (Fsp3) is 0.381. The van der Waals surface area contributed by atoms with Gasteiger partial charge in [0.15, 0.2) is 0 Å². The highest BCUT2D eigenvalue weighted by Crippen LogP contribution is 2.32. The van der Waals surface area contributed by atoms with Crippen molar-refractivity contribution in [3.05, 3.63) is 65.0 Å². The summed E-state index contributed by atoms with van der Waals surface area (Å²) in [6.07, 6.45) is 6.32. The standard InChI is InChI=1S/C21H27N3O.H2/c1-4-18(19-8-11-23-20(19)21(25)22-2)17-7-5-6-16(14-17)15-9-12-24(3)13-10-15;/h4-8,11,14-15,23H,9-10,12-13H2,1-3H3,(H,22,25);1H/b18-4-;. The average molecular weight is 339 g/mol. The highest BCUT2D eigenvalue weighted by Gasteiger charge is 2.20. The number of nitrogens with one attached hydrogen (secondary N) is 2. The molecule has 1 saturated heterocycles. The Morgan fingerprint density at radius 3 is 2.76 bits per heavy atom. The van der Waals surface area contributed by atoms with Crippen LogP contribution in [-0.4, -0.2) is 43.0 Å². The second kappa shape index (κ2) is 7.70. The molecule has 25 heavy (non-hydrogen) atoms. The lowest BCUT2D eigenvalue weighted by atomic mass is 9.87. The predicted octanol–water partition coefficient (Wildman–Crippen LogP) is 3.88. The second-order valence-electron chi connectivity index (χ2n) is 6.75. The summed E-state index contributed by atoms with van der Waals surface area (Å²) >= 11 is 0. The van der Waals surface area contributed by atoms with E-state index in [0.717, 1.165) is 24.2 Å². The smallest absolute Gasteiger partial charge is 0.268 e. The van der Waals surface area contributed by atoms with Crippen LogP contribution in [0.2, 0.25) is 0 Å². The Morgan fingerprint density at radius 1 is 1.32 bits per heavy atom. The molecule has 1 aliphatic heterocycles. The number of carbonyl (C=O) groups excluding carboxylic acids is 1. The number of amides is 1. The summed E-state index contributed by atoms with van der Waals surface area (Å²) in [5.74, 6) is 0.532. The predicted molar refractivity (Wildman–Crippen MR) is 105 cm³/mol. The quantitative estimate of drug-likeness (QED) is 0.888. The average Bonchev–Trinajstić information content (AvgIpc) is 3.12. The third kappa shape index (κ3) is 3.69. The normalized spacial score (nSPS) is 16.8. The maximum absolute atomic E-state index is 12.1. The van der Waals surface area contributed by atoms with Gasteiger partial charge in [0.1, 0.15) is 5.69 Å². The summed E-state index contributed by atoms with van der Waals surface area (Å²) in [5, 5.41) is 2.70. The van der Waals surface area contributed by atoms with Crippen LogP contribution in [0.1, 0.15) is 54.3 Å². The van der Waals surface area contributed by atoms with Crippen molar-refractivity contribution in [1.82, 2.24) is 15.2 Å². The van der Waals surface area contributed by atoms with Gasteiger partial charge in [-0.3, -0.25) is 4.79 Å². The van der Waals surface area contributed by atoms with Crippen LogP contribution in [-0.2, 0) is 0 Å². The number of allylic oxidation sites excluding steroid dienone is 1. The minimum absolute atomic E-state index is 0. The van der Waals surface area contributed by atoms with E-state index in [1.807, 2.05) is 19.2 Å². The van der Waals surface area contributed by atoms with Crippen LogP contribution in [0.4, 0.5) is 0 Å². The zero-order valence-electron chi connectivity index (χ0n) is 15.3. The van der Waals surface area contributed by atoms with Gasteiger partial charge in [-0.05, 0) is 68.6 Å². The first kappa shape index (κ1) is 17.5. The number of hydrogen-bond donors (Lipinski definition) is 2.